The molecule has 2 rings (SSSR count). The lowest BCUT2D eigenvalue weighted by molar-refractivity contribution is -0.0512. The number of rotatable bonds is 6. The molecule has 0 unspecified atom stereocenters. The minimum atomic E-state index is -2.97. The number of hydrogen-bond acceptors (Lipinski definition) is 3. The highest BCUT2D eigenvalue weighted by Crippen LogP contribution is 2.29. The SMILES string of the molecule is COc1cc(C(=O)NCc2cccc(Cl)c2)ccc1OC(F)F. The van der Waals surface area contributed by atoms with Gasteiger partial charge in [0.1, 0.15) is 0 Å². The highest BCUT2D eigenvalue weighted by molar-refractivity contribution is 6.30. The number of ether oxygens (including phenoxy) is 2. The summed E-state index contributed by atoms with van der Waals surface area (Å²) in [5.41, 5.74) is 1.11. The molecule has 7 heteroatoms. The fraction of sp³-hybridized carbons (Fsp3) is 0.188. The maximum absolute atomic E-state index is 12.3. The van der Waals surface area contributed by atoms with Gasteiger partial charge < -0.3 is 14.8 Å². The molecular weight excluding hydrogens is 328 g/mol. The molecule has 2 aromatic rings. The third kappa shape index (κ3) is 4.82. The molecule has 4 nitrogen and oxygen atoms in total. The topological polar surface area (TPSA) is 47.6 Å². The van der Waals surface area contributed by atoms with Crippen LogP contribution in [0.2, 0.25) is 5.02 Å². The van der Waals surface area contributed by atoms with E-state index in [1.807, 2.05) is 6.07 Å². The zero-order valence-corrected chi connectivity index (χ0v) is 12.9. The van der Waals surface area contributed by atoms with Crippen molar-refractivity contribution in [1.29, 1.82) is 0 Å². The van der Waals surface area contributed by atoms with E-state index in [0.29, 0.717) is 5.02 Å². The summed E-state index contributed by atoms with van der Waals surface area (Å²) in [5, 5.41) is 3.29. The third-order valence-electron chi connectivity index (χ3n) is 2.98. The van der Waals surface area contributed by atoms with E-state index in [9.17, 15) is 13.6 Å². The molecule has 122 valence electrons. The molecule has 23 heavy (non-hydrogen) atoms. The molecule has 1 amide bonds. The van der Waals surface area contributed by atoms with Crippen LogP contribution in [0.15, 0.2) is 42.5 Å². The van der Waals surface area contributed by atoms with Gasteiger partial charge in [-0.1, -0.05) is 23.7 Å². The van der Waals surface area contributed by atoms with Gasteiger partial charge in [-0.15, -0.1) is 0 Å². The van der Waals surface area contributed by atoms with E-state index in [2.05, 4.69) is 10.1 Å². The van der Waals surface area contributed by atoms with Crippen molar-refractivity contribution in [2.45, 2.75) is 13.2 Å². The first-order chi connectivity index (χ1) is 11.0. The molecule has 0 fully saturated rings. The van der Waals surface area contributed by atoms with Gasteiger partial charge in [0, 0.05) is 17.1 Å². The van der Waals surface area contributed by atoms with Gasteiger partial charge >= 0.3 is 6.61 Å². The van der Waals surface area contributed by atoms with E-state index in [-0.39, 0.29) is 29.5 Å². The molecular formula is C16H14ClF2NO3. The molecule has 0 heterocycles. The summed E-state index contributed by atoms with van der Waals surface area (Å²) in [6.07, 6.45) is 0. The van der Waals surface area contributed by atoms with Crippen LogP contribution >= 0.6 is 11.6 Å². The van der Waals surface area contributed by atoms with E-state index >= 15 is 0 Å². The minimum Gasteiger partial charge on any atom is -0.493 e. The second kappa shape index (κ2) is 7.78. The summed E-state index contributed by atoms with van der Waals surface area (Å²) < 4.78 is 33.8. The van der Waals surface area contributed by atoms with E-state index in [1.54, 1.807) is 18.2 Å². The average molecular weight is 342 g/mol. The molecule has 0 aliphatic carbocycles. The fourth-order valence-corrected chi connectivity index (χ4v) is 2.15. The van der Waals surface area contributed by atoms with Crippen molar-refractivity contribution in [3.8, 4) is 11.5 Å². The van der Waals surface area contributed by atoms with Crippen LogP contribution in [0.1, 0.15) is 15.9 Å². The van der Waals surface area contributed by atoms with Crippen molar-refractivity contribution in [3.05, 3.63) is 58.6 Å². The zero-order chi connectivity index (χ0) is 16.8. The number of benzene rings is 2. The summed E-state index contributed by atoms with van der Waals surface area (Å²) in [7, 11) is 1.31. The Hall–Kier alpha value is -2.34. The number of methoxy groups -OCH3 is 1. The van der Waals surface area contributed by atoms with Gasteiger partial charge in [-0.2, -0.15) is 8.78 Å². The monoisotopic (exact) mass is 341 g/mol. The van der Waals surface area contributed by atoms with Crippen LogP contribution in [0.4, 0.5) is 8.78 Å². The fourth-order valence-electron chi connectivity index (χ4n) is 1.93. The van der Waals surface area contributed by atoms with Gasteiger partial charge in [-0.25, -0.2) is 0 Å². The van der Waals surface area contributed by atoms with Crippen LogP contribution in [0, 0.1) is 0 Å². The van der Waals surface area contributed by atoms with E-state index in [0.717, 1.165) is 5.56 Å². The Balaban J connectivity index is 2.07. The number of halogens is 3. The lowest BCUT2D eigenvalue weighted by Gasteiger charge is -2.11. The minimum absolute atomic E-state index is 0.0562. The van der Waals surface area contributed by atoms with E-state index in [1.165, 1.54) is 25.3 Å². The second-order valence-corrected chi connectivity index (χ2v) is 4.99. The van der Waals surface area contributed by atoms with Crippen LogP contribution in [-0.2, 0) is 6.54 Å². The van der Waals surface area contributed by atoms with Gasteiger partial charge in [-0.05, 0) is 35.9 Å². The van der Waals surface area contributed by atoms with Crippen molar-refractivity contribution in [2.24, 2.45) is 0 Å². The van der Waals surface area contributed by atoms with Crippen LogP contribution in [-0.4, -0.2) is 19.6 Å². The van der Waals surface area contributed by atoms with Crippen LogP contribution in [0.3, 0.4) is 0 Å². The summed E-state index contributed by atoms with van der Waals surface area (Å²) in [5.74, 6) is -0.443. The highest BCUT2D eigenvalue weighted by Gasteiger charge is 2.14. The number of hydrogen-bond donors (Lipinski definition) is 1. The van der Waals surface area contributed by atoms with Crippen LogP contribution < -0.4 is 14.8 Å². The van der Waals surface area contributed by atoms with Crippen molar-refractivity contribution < 1.29 is 23.0 Å². The zero-order valence-electron chi connectivity index (χ0n) is 12.2. The molecule has 0 aliphatic rings. The molecule has 0 bridgehead atoms. The van der Waals surface area contributed by atoms with Gasteiger partial charge in [-0.3, -0.25) is 4.79 Å². The number of amides is 1. The highest BCUT2D eigenvalue weighted by atomic mass is 35.5. The largest absolute Gasteiger partial charge is 0.493 e. The molecule has 2 aromatic carbocycles. The smallest absolute Gasteiger partial charge is 0.387 e. The van der Waals surface area contributed by atoms with Gasteiger partial charge in [0.05, 0.1) is 7.11 Å². The number of carbonyl (C=O) groups is 1. The number of alkyl halides is 2. The van der Waals surface area contributed by atoms with Crippen molar-refractivity contribution in [2.75, 3.05) is 7.11 Å². The summed E-state index contributed by atoms with van der Waals surface area (Å²) in [4.78, 5) is 12.1. The third-order valence-corrected chi connectivity index (χ3v) is 3.22. The number of carbonyl (C=O) groups excluding carboxylic acids is 1. The first-order valence-corrected chi connectivity index (χ1v) is 7.03. The van der Waals surface area contributed by atoms with E-state index in [4.69, 9.17) is 16.3 Å². The van der Waals surface area contributed by atoms with Crippen molar-refractivity contribution in [1.82, 2.24) is 5.32 Å². The van der Waals surface area contributed by atoms with Gasteiger partial charge in [0.15, 0.2) is 11.5 Å². The lowest BCUT2D eigenvalue weighted by atomic mass is 10.1. The predicted octanol–water partition coefficient (Wildman–Crippen LogP) is 3.88. The predicted molar refractivity (Wildman–Crippen MR) is 82.2 cm³/mol. The Morgan fingerprint density at radius 2 is 2.00 bits per heavy atom. The maximum atomic E-state index is 12.3. The normalized spacial score (nSPS) is 10.5. The van der Waals surface area contributed by atoms with Gasteiger partial charge in [0.2, 0.25) is 0 Å². The summed E-state index contributed by atoms with van der Waals surface area (Å²) in [6.45, 7) is -2.68. The molecule has 0 spiro atoms. The quantitative estimate of drug-likeness (QED) is 0.867. The van der Waals surface area contributed by atoms with Crippen LogP contribution in [0.25, 0.3) is 0 Å². The second-order valence-electron chi connectivity index (χ2n) is 4.56. The molecule has 0 radical (unpaired) electrons. The summed E-state index contributed by atoms with van der Waals surface area (Å²) in [6, 6.07) is 11.1. The van der Waals surface area contributed by atoms with Crippen LogP contribution in [0.5, 0.6) is 11.5 Å². The van der Waals surface area contributed by atoms with Crippen molar-refractivity contribution in [3.63, 3.8) is 0 Å². The van der Waals surface area contributed by atoms with E-state index < -0.39 is 6.61 Å². The number of nitrogens with one attached hydrogen (secondary N) is 1. The molecule has 1 N–H and O–H groups in total. The Bertz CT molecular complexity index is 695. The Kier molecular flexibility index (Phi) is 5.76. The molecule has 0 aromatic heterocycles. The lowest BCUT2D eigenvalue weighted by Crippen LogP contribution is -2.22. The first-order valence-electron chi connectivity index (χ1n) is 6.65. The Labute approximate surface area is 137 Å². The summed E-state index contributed by atoms with van der Waals surface area (Å²) >= 11 is 5.87. The van der Waals surface area contributed by atoms with Gasteiger partial charge in [0.25, 0.3) is 5.91 Å². The first kappa shape index (κ1) is 17.0. The average Bonchev–Trinajstić information content (AvgIpc) is 2.52. The maximum Gasteiger partial charge on any atom is 0.387 e. The molecule has 0 saturated carbocycles. The molecule has 0 saturated heterocycles. The Morgan fingerprint density at radius 3 is 2.65 bits per heavy atom. The van der Waals surface area contributed by atoms with Crippen molar-refractivity contribution >= 4 is 17.5 Å². The Morgan fingerprint density at radius 1 is 1.22 bits per heavy atom. The molecule has 0 aliphatic heterocycles. The molecule has 0 atom stereocenters. The standard InChI is InChI=1S/C16H14ClF2NO3/c1-22-14-8-11(5-6-13(14)23-16(18)19)15(21)20-9-10-3-2-4-12(17)7-10/h2-8,16H,9H2,1H3,(H,20,21).